The van der Waals surface area contributed by atoms with Gasteiger partial charge in [-0.25, -0.2) is 13.2 Å². The SMILES string of the molecule is CCc1ccc(C(=O)OC)c(C)c1S(C)(=O)=O. The van der Waals surface area contributed by atoms with Gasteiger partial charge in [0.2, 0.25) is 0 Å². The minimum absolute atomic E-state index is 0.239. The second kappa shape index (κ2) is 4.87. The average molecular weight is 256 g/mol. The zero-order valence-corrected chi connectivity index (χ0v) is 11.2. The molecule has 0 atom stereocenters. The molecule has 0 aliphatic rings. The minimum Gasteiger partial charge on any atom is -0.465 e. The first kappa shape index (κ1) is 13.7. The van der Waals surface area contributed by atoms with Gasteiger partial charge >= 0.3 is 5.97 Å². The second-order valence-corrected chi connectivity index (χ2v) is 5.80. The van der Waals surface area contributed by atoms with E-state index in [1.165, 1.54) is 7.11 Å². The summed E-state index contributed by atoms with van der Waals surface area (Å²) in [5.74, 6) is -0.518. The largest absolute Gasteiger partial charge is 0.465 e. The van der Waals surface area contributed by atoms with Crippen molar-refractivity contribution in [2.24, 2.45) is 0 Å². The molecular weight excluding hydrogens is 240 g/mol. The summed E-state index contributed by atoms with van der Waals surface area (Å²) in [6.07, 6.45) is 1.75. The van der Waals surface area contributed by atoms with Crippen LogP contribution in [0.25, 0.3) is 0 Å². The van der Waals surface area contributed by atoms with Crippen LogP contribution >= 0.6 is 0 Å². The second-order valence-electron chi connectivity index (χ2n) is 3.84. The Kier molecular flexibility index (Phi) is 3.93. The Bertz CT molecular complexity index is 544. The number of hydrogen-bond acceptors (Lipinski definition) is 4. The molecule has 0 spiro atoms. The van der Waals surface area contributed by atoms with Crippen LogP contribution in [-0.2, 0) is 21.0 Å². The molecule has 0 aromatic heterocycles. The van der Waals surface area contributed by atoms with E-state index in [-0.39, 0.29) is 4.90 Å². The molecular formula is C12H16O4S. The number of rotatable bonds is 3. The van der Waals surface area contributed by atoms with Crippen LogP contribution in [0.15, 0.2) is 17.0 Å². The van der Waals surface area contributed by atoms with Crippen molar-refractivity contribution in [3.63, 3.8) is 0 Å². The Hall–Kier alpha value is -1.36. The molecule has 0 amide bonds. The van der Waals surface area contributed by atoms with Gasteiger partial charge in [0.25, 0.3) is 0 Å². The summed E-state index contributed by atoms with van der Waals surface area (Å²) in [6, 6.07) is 3.27. The van der Waals surface area contributed by atoms with E-state index in [2.05, 4.69) is 4.74 Å². The van der Waals surface area contributed by atoms with Gasteiger partial charge in [0.15, 0.2) is 9.84 Å². The van der Waals surface area contributed by atoms with Crippen LogP contribution in [0.3, 0.4) is 0 Å². The zero-order chi connectivity index (χ0) is 13.2. The standard InChI is InChI=1S/C12H16O4S/c1-5-9-6-7-10(12(13)16-3)8(2)11(9)17(4,14)15/h6-7H,5H2,1-4H3. The fraction of sp³-hybridized carbons (Fsp3) is 0.417. The van der Waals surface area contributed by atoms with Crippen LogP contribution in [0.5, 0.6) is 0 Å². The van der Waals surface area contributed by atoms with E-state index < -0.39 is 15.8 Å². The number of sulfone groups is 1. The normalized spacial score (nSPS) is 11.3. The lowest BCUT2D eigenvalue weighted by Crippen LogP contribution is -2.11. The smallest absolute Gasteiger partial charge is 0.338 e. The molecule has 4 nitrogen and oxygen atoms in total. The highest BCUT2D eigenvalue weighted by Crippen LogP contribution is 2.24. The van der Waals surface area contributed by atoms with Crippen molar-refractivity contribution in [1.82, 2.24) is 0 Å². The quantitative estimate of drug-likeness (QED) is 0.773. The van der Waals surface area contributed by atoms with E-state index in [9.17, 15) is 13.2 Å². The molecule has 5 heteroatoms. The summed E-state index contributed by atoms with van der Waals surface area (Å²) < 4.78 is 28.1. The van der Waals surface area contributed by atoms with Gasteiger partial charge in [-0.1, -0.05) is 13.0 Å². The number of hydrogen-bond donors (Lipinski definition) is 0. The van der Waals surface area contributed by atoms with E-state index in [4.69, 9.17) is 0 Å². The molecule has 0 fully saturated rings. The lowest BCUT2D eigenvalue weighted by molar-refractivity contribution is 0.0599. The molecule has 0 saturated heterocycles. The Balaban J connectivity index is 3.60. The van der Waals surface area contributed by atoms with Gasteiger partial charge in [-0.2, -0.15) is 0 Å². The highest BCUT2D eigenvalue weighted by atomic mass is 32.2. The highest BCUT2D eigenvalue weighted by molar-refractivity contribution is 7.90. The Labute approximate surface area is 102 Å². The Morgan fingerprint density at radius 2 is 1.94 bits per heavy atom. The highest BCUT2D eigenvalue weighted by Gasteiger charge is 2.21. The Morgan fingerprint density at radius 1 is 1.35 bits per heavy atom. The maximum absolute atomic E-state index is 11.7. The molecule has 17 heavy (non-hydrogen) atoms. The summed E-state index contributed by atoms with van der Waals surface area (Å²) in [7, 11) is -2.07. The van der Waals surface area contributed by atoms with Crippen LogP contribution in [0.2, 0.25) is 0 Å². The van der Waals surface area contributed by atoms with E-state index >= 15 is 0 Å². The average Bonchev–Trinajstić information content (AvgIpc) is 2.25. The van der Waals surface area contributed by atoms with Crippen molar-refractivity contribution in [3.8, 4) is 0 Å². The third-order valence-corrected chi connectivity index (χ3v) is 3.95. The number of aryl methyl sites for hydroxylation is 1. The van der Waals surface area contributed by atoms with Crippen LogP contribution in [0.1, 0.15) is 28.4 Å². The predicted octanol–water partition coefficient (Wildman–Crippen LogP) is 1.75. The molecule has 0 aliphatic carbocycles. The van der Waals surface area contributed by atoms with Crippen molar-refractivity contribution < 1.29 is 17.9 Å². The van der Waals surface area contributed by atoms with Gasteiger partial charge in [-0.15, -0.1) is 0 Å². The number of ether oxygens (including phenoxy) is 1. The molecule has 0 unspecified atom stereocenters. The summed E-state index contributed by atoms with van der Waals surface area (Å²) >= 11 is 0. The van der Waals surface area contributed by atoms with Crippen molar-refractivity contribution >= 4 is 15.8 Å². The minimum atomic E-state index is -3.35. The zero-order valence-electron chi connectivity index (χ0n) is 10.4. The summed E-state index contributed by atoms with van der Waals surface area (Å²) in [5, 5.41) is 0. The molecule has 0 aliphatic heterocycles. The van der Waals surface area contributed by atoms with Gasteiger partial charge < -0.3 is 4.74 Å². The van der Waals surface area contributed by atoms with E-state index in [0.29, 0.717) is 17.5 Å². The molecule has 0 radical (unpaired) electrons. The lowest BCUT2D eigenvalue weighted by Gasteiger charge is -2.12. The van der Waals surface area contributed by atoms with Crippen molar-refractivity contribution in [1.29, 1.82) is 0 Å². The first-order valence-corrected chi connectivity index (χ1v) is 7.12. The Morgan fingerprint density at radius 3 is 2.35 bits per heavy atom. The first-order valence-electron chi connectivity index (χ1n) is 5.23. The maximum Gasteiger partial charge on any atom is 0.338 e. The van der Waals surface area contributed by atoms with Crippen molar-refractivity contribution in [3.05, 3.63) is 28.8 Å². The lowest BCUT2D eigenvalue weighted by atomic mass is 10.0. The molecule has 0 heterocycles. The van der Waals surface area contributed by atoms with Gasteiger partial charge in [0.1, 0.15) is 0 Å². The van der Waals surface area contributed by atoms with Crippen LogP contribution in [0.4, 0.5) is 0 Å². The number of methoxy groups -OCH3 is 1. The van der Waals surface area contributed by atoms with Crippen molar-refractivity contribution in [2.75, 3.05) is 13.4 Å². The van der Waals surface area contributed by atoms with E-state index in [1.54, 1.807) is 19.1 Å². The summed E-state index contributed by atoms with van der Waals surface area (Å²) in [5.41, 5.74) is 1.47. The maximum atomic E-state index is 11.7. The van der Waals surface area contributed by atoms with Gasteiger partial charge in [-0.3, -0.25) is 0 Å². The number of esters is 1. The van der Waals surface area contributed by atoms with Crippen LogP contribution < -0.4 is 0 Å². The number of benzene rings is 1. The van der Waals surface area contributed by atoms with Gasteiger partial charge in [0, 0.05) is 6.26 Å². The predicted molar refractivity (Wildman–Crippen MR) is 65.0 cm³/mol. The van der Waals surface area contributed by atoms with E-state index in [0.717, 1.165) is 11.8 Å². The molecule has 0 saturated carbocycles. The monoisotopic (exact) mass is 256 g/mol. The summed E-state index contributed by atoms with van der Waals surface area (Å²) in [4.78, 5) is 11.7. The van der Waals surface area contributed by atoms with Gasteiger partial charge in [0.05, 0.1) is 17.6 Å². The molecule has 0 bridgehead atoms. The third-order valence-electron chi connectivity index (χ3n) is 2.64. The molecule has 1 rings (SSSR count). The third kappa shape index (κ3) is 2.66. The molecule has 1 aromatic rings. The number of carbonyl (C=O) groups is 1. The molecule has 0 N–H and O–H groups in total. The van der Waals surface area contributed by atoms with Crippen molar-refractivity contribution in [2.45, 2.75) is 25.2 Å². The van der Waals surface area contributed by atoms with Crippen LogP contribution in [0, 0.1) is 6.92 Å². The molecule has 94 valence electrons. The first-order chi connectivity index (χ1) is 7.82. The van der Waals surface area contributed by atoms with Gasteiger partial charge in [-0.05, 0) is 30.5 Å². The molecule has 1 aromatic carbocycles. The fourth-order valence-corrected chi connectivity index (χ4v) is 3.23. The number of carbonyl (C=O) groups excluding carboxylic acids is 1. The fourth-order valence-electron chi connectivity index (χ4n) is 1.87. The summed E-state index contributed by atoms with van der Waals surface area (Å²) in [6.45, 7) is 3.50. The topological polar surface area (TPSA) is 60.4 Å². The van der Waals surface area contributed by atoms with Crippen LogP contribution in [-0.4, -0.2) is 27.8 Å². The van der Waals surface area contributed by atoms with E-state index in [1.807, 2.05) is 6.92 Å².